The quantitative estimate of drug-likeness (QED) is 0.725. The van der Waals surface area contributed by atoms with Crippen molar-refractivity contribution in [1.29, 1.82) is 0 Å². The van der Waals surface area contributed by atoms with Crippen molar-refractivity contribution < 1.29 is 4.39 Å². The second-order valence-electron chi connectivity index (χ2n) is 4.01. The standard InChI is InChI=1S/C13H9ClFN3/c1-7-5-6-16-13-11(7)17-12(18-13)10-8(14)3-2-4-9(10)15/h2-6H,1H3,(H,16,17,18). The number of H-pyrrole nitrogens is 1. The maximum atomic E-state index is 13.8. The van der Waals surface area contributed by atoms with Crippen LogP contribution in [0, 0.1) is 12.7 Å². The summed E-state index contributed by atoms with van der Waals surface area (Å²) >= 11 is 6.01. The number of benzene rings is 1. The molecule has 0 bridgehead atoms. The number of rotatable bonds is 1. The Labute approximate surface area is 108 Å². The number of imidazole rings is 1. The fourth-order valence-electron chi connectivity index (χ4n) is 1.88. The number of aryl methyl sites for hydroxylation is 1. The van der Waals surface area contributed by atoms with Crippen LogP contribution in [0.3, 0.4) is 0 Å². The number of fused-ring (bicyclic) bond motifs is 1. The van der Waals surface area contributed by atoms with E-state index >= 15 is 0 Å². The minimum absolute atomic E-state index is 0.275. The Morgan fingerprint density at radius 3 is 2.83 bits per heavy atom. The van der Waals surface area contributed by atoms with E-state index in [-0.39, 0.29) is 5.56 Å². The Bertz CT molecular complexity index is 716. The van der Waals surface area contributed by atoms with Crippen LogP contribution >= 0.6 is 11.6 Å². The van der Waals surface area contributed by atoms with E-state index in [9.17, 15) is 4.39 Å². The van der Waals surface area contributed by atoms with E-state index in [0.717, 1.165) is 11.1 Å². The molecule has 18 heavy (non-hydrogen) atoms. The van der Waals surface area contributed by atoms with Gasteiger partial charge in [0, 0.05) is 6.20 Å². The van der Waals surface area contributed by atoms with Crippen LogP contribution in [0.5, 0.6) is 0 Å². The van der Waals surface area contributed by atoms with Gasteiger partial charge < -0.3 is 4.98 Å². The van der Waals surface area contributed by atoms with E-state index in [4.69, 9.17) is 11.6 Å². The molecule has 1 N–H and O–H groups in total. The van der Waals surface area contributed by atoms with Gasteiger partial charge in [0.15, 0.2) is 5.65 Å². The van der Waals surface area contributed by atoms with Crippen LogP contribution in [0.4, 0.5) is 4.39 Å². The van der Waals surface area contributed by atoms with Crippen LogP contribution < -0.4 is 0 Å². The third kappa shape index (κ3) is 1.66. The van der Waals surface area contributed by atoms with E-state index in [2.05, 4.69) is 15.0 Å². The van der Waals surface area contributed by atoms with Gasteiger partial charge in [-0.2, -0.15) is 0 Å². The molecule has 3 aromatic rings. The first kappa shape index (κ1) is 11.2. The van der Waals surface area contributed by atoms with Crippen molar-refractivity contribution in [2.45, 2.75) is 6.92 Å². The molecule has 1 aromatic carbocycles. The zero-order chi connectivity index (χ0) is 12.7. The molecular weight excluding hydrogens is 253 g/mol. The maximum absolute atomic E-state index is 13.8. The van der Waals surface area contributed by atoms with Crippen LogP contribution in [0.25, 0.3) is 22.6 Å². The topological polar surface area (TPSA) is 41.6 Å². The number of nitrogens with zero attached hydrogens (tertiary/aromatic N) is 2. The molecule has 0 spiro atoms. The summed E-state index contributed by atoms with van der Waals surface area (Å²) in [5.74, 6) is -0.00545. The Morgan fingerprint density at radius 2 is 2.11 bits per heavy atom. The molecule has 2 aromatic heterocycles. The molecular formula is C13H9ClFN3. The zero-order valence-electron chi connectivity index (χ0n) is 9.54. The molecule has 0 radical (unpaired) electrons. The number of pyridine rings is 1. The predicted octanol–water partition coefficient (Wildman–Crippen LogP) is 3.73. The second kappa shape index (κ2) is 4.07. The summed E-state index contributed by atoms with van der Waals surface area (Å²) < 4.78 is 13.8. The van der Waals surface area contributed by atoms with Crippen molar-refractivity contribution in [2.75, 3.05) is 0 Å². The molecule has 0 atom stereocenters. The van der Waals surface area contributed by atoms with Gasteiger partial charge >= 0.3 is 0 Å². The fourth-order valence-corrected chi connectivity index (χ4v) is 2.13. The highest BCUT2D eigenvalue weighted by Gasteiger charge is 2.14. The Kier molecular flexibility index (Phi) is 2.52. The lowest BCUT2D eigenvalue weighted by atomic mass is 10.2. The first-order valence-corrected chi connectivity index (χ1v) is 5.80. The van der Waals surface area contributed by atoms with E-state index in [0.29, 0.717) is 16.5 Å². The lowest BCUT2D eigenvalue weighted by molar-refractivity contribution is 0.630. The van der Waals surface area contributed by atoms with Gasteiger partial charge in [0.2, 0.25) is 0 Å². The number of nitrogens with one attached hydrogen (secondary N) is 1. The van der Waals surface area contributed by atoms with Gasteiger partial charge in [0.1, 0.15) is 11.6 Å². The number of hydrogen-bond acceptors (Lipinski definition) is 2. The molecule has 0 saturated heterocycles. The Morgan fingerprint density at radius 1 is 1.28 bits per heavy atom. The highest BCUT2D eigenvalue weighted by atomic mass is 35.5. The maximum Gasteiger partial charge on any atom is 0.178 e. The van der Waals surface area contributed by atoms with E-state index in [1.54, 1.807) is 18.3 Å². The van der Waals surface area contributed by atoms with E-state index in [1.165, 1.54) is 6.07 Å². The number of aromatic amines is 1. The number of aromatic nitrogens is 3. The highest BCUT2D eigenvalue weighted by Crippen LogP contribution is 2.29. The van der Waals surface area contributed by atoms with Gasteiger partial charge in [0.05, 0.1) is 16.1 Å². The van der Waals surface area contributed by atoms with E-state index in [1.807, 2.05) is 13.0 Å². The Balaban J connectivity index is 2.30. The molecule has 5 heteroatoms. The summed E-state index contributed by atoms with van der Waals surface area (Å²) in [6.07, 6.45) is 1.67. The number of halogens is 2. The fraction of sp³-hybridized carbons (Fsp3) is 0.0769. The molecule has 0 aliphatic heterocycles. The van der Waals surface area contributed by atoms with Crippen molar-refractivity contribution >= 4 is 22.8 Å². The number of hydrogen-bond donors (Lipinski definition) is 1. The van der Waals surface area contributed by atoms with Crippen LogP contribution in [0.15, 0.2) is 30.5 Å². The minimum atomic E-state index is -0.404. The molecule has 0 aliphatic carbocycles. The molecule has 0 fully saturated rings. The average molecular weight is 262 g/mol. The van der Waals surface area contributed by atoms with Crippen molar-refractivity contribution in [3.05, 3.63) is 46.9 Å². The molecule has 0 aliphatic rings. The summed E-state index contributed by atoms with van der Waals surface area (Å²) in [5.41, 5.74) is 2.64. The van der Waals surface area contributed by atoms with Gasteiger partial charge in [-0.1, -0.05) is 17.7 Å². The lowest BCUT2D eigenvalue weighted by Crippen LogP contribution is -1.87. The Hall–Kier alpha value is -1.94. The van der Waals surface area contributed by atoms with Gasteiger partial charge in [-0.15, -0.1) is 0 Å². The second-order valence-corrected chi connectivity index (χ2v) is 4.42. The van der Waals surface area contributed by atoms with Crippen molar-refractivity contribution in [3.8, 4) is 11.4 Å². The first-order valence-electron chi connectivity index (χ1n) is 5.42. The summed E-state index contributed by atoms with van der Waals surface area (Å²) in [6.45, 7) is 1.94. The first-order chi connectivity index (χ1) is 8.66. The normalized spacial score (nSPS) is 11.1. The molecule has 2 heterocycles. The molecule has 3 rings (SSSR count). The zero-order valence-corrected chi connectivity index (χ0v) is 10.3. The van der Waals surface area contributed by atoms with Crippen molar-refractivity contribution in [2.24, 2.45) is 0 Å². The van der Waals surface area contributed by atoms with Crippen molar-refractivity contribution in [1.82, 2.24) is 15.0 Å². The molecule has 0 amide bonds. The summed E-state index contributed by atoms with van der Waals surface area (Å²) in [7, 11) is 0. The average Bonchev–Trinajstić information content (AvgIpc) is 2.74. The largest absolute Gasteiger partial charge is 0.336 e. The third-order valence-corrected chi connectivity index (χ3v) is 3.11. The minimum Gasteiger partial charge on any atom is -0.336 e. The van der Waals surface area contributed by atoms with Crippen molar-refractivity contribution in [3.63, 3.8) is 0 Å². The summed E-state index contributed by atoms with van der Waals surface area (Å²) in [5, 5.41) is 0.326. The predicted molar refractivity (Wildman–Crippen MR) is 69.0 cm³/mol. The van der Waals surface area contributed by atoms with E-state index < -0.39 is 5.82 Å². The molecule has 0 unspecified atom stereocenters. The summed E-state index contributed by atoms with van der Waals surface area (Å²) in [6, 6.07) is 6.42. The molecule has 90 valence electrons. The third-order valence-electron chi connectivity index (χ3n) is 2.80. The monoisotopic (exact) mass is 261 g/mol. The van der Waals surface area contributed by atoms with Crippen LogP contribution in [-0.2, 0) is 0 Å². The van der Waals surface area contributed by atoms with Gasteiger partial charge in [-0.05, 0) is 30.7 Å². The summed E-state index contributed by atoms with van der Waals surface area (Å²) in [4.78, 5) is 11.5. The molecule has 0 saturated carbocycles. The SMILES string of the molecule is Cc1ccnc2nc(-c3c(F)cccc3Cl)[nH]c12. The highest BCUT2D eigenvalue weighted by molar-refractivity contribution is 6.33. The van der Waals surface area contributed by atoms with Crippen LogP contribution in [0.2, 0.25) is 5.02 Å². The van der Waals surface area contributed by atoms with Gasteiger partial charge in [-0.3, -0.25) is 0 Å². The van der Waals surface area contributed by atoms with Gasteiger partial charge in [-0.25, -0.2) is 14.4 Å². The van der Waals surface area contributed by atoms with Gasteiger partial charge in [0.25, 0.3) is 0 Å². The smallest absolute Gasteiger partial charge is 0.178 e. The van der Waals surface area contributed by atoms with Crippen LogP contribution in [0.1, 0.15) is 5.56 Å². The molecule has 3 nitrogen and oxygen atoms in total. The lowest BCUT2D eigenvalue weighted by Gasteiger charge is -2.01. The van der Waals surface area contributed by atoms with Crippen LogP contribution in [-0.4, -0.2) is 15.0 Å².